The summed E-state index contributed by atoms with van der Waals surface area (Å²) >= 11 is 0. The molecule has 0 unspecified atom stereocenters. The van der Waals surface area contributed by atoms with E-state index in [-0.39, 0.29) is 0 Å². The van der Waals surface area contributed by atoms with Crippen molar-refractivity contribution in [1.82, 2.24) is 9.97 Å². The average Bonchev–Trinajstić information content (AvgIpc) is 3.48. The Bertz CT molecular complexity index is 2730. The number of fused-ring (bicyclic) bond motifs is 12. The lowest BCUT2D eigenvalue weighted by molar-refractivity contribution is 0.775. The van der Waals surface area contributed by atoms with Crippen molar-refractivity contribution in [1.29, 1.82) is 10.5 Å². The zero-order chi connectivity index (χ0) is 35.5. The van der Waals surface area contributed by atoms with E-state index in [1.807, 2.05) is 54.6 Å². The van der Waals surface area contributed by atoms with E-state index < -0.39 is 5.41 Å². The largest absolute Gasteiger partial charge is 0.228 e. The van der Waals surface area contributed by atoms with Crippen molar-refractivity contribution in [3.05, 3.63) is 203 Å². The summed E-state index contributed by atoms with van der Waals surface area (Å²) in [4.78, 5) is 10.3. The van der Waals surface area contributed by atoms with Crippen LogP contribution in [0.25, 0.3) is 67.3 Å². The summed E-state index contributed by atoms with van der Waals surface area (Å²) in [6.45, 7) is 0. The summed E-state index contributed by atoms with van der Waals surface area (Å²) in [7, 11) is 0. The van der Waals surface area contributed by atoms with Crippen LogP contribution in [-0.4, -0.2) is 9.97 Å². The Morgan fingerprint density at radius 1 is 0.358 bits per heavy atom. The van der Waals surface area contributed by atoms with E-state index in [4.69, 9.17) is 9.97 Å². The van der Waals surface area contributed by atoms with Gasteiger partial charge < -0.3 is 0 Å². The first kappa shape index (κ1) is 30.4. The molecule has 7 aromatic carbocycles. The van der Waals surface area contributed by atoms with Crippen molar-refractivity contribution in [2.75, 3.05) is 0 Å². The molecular formula is C49H28N4. The first-order valence-corrected chi connectivity index (χ1v) is 17.6. The number of nitriles is 2. The van der Waals surface area contributed by atoms with Crippen LogP contribution in [0.3, 0.4) is 0 Å². The topological polar surface area (TPSA) is 73.4 Å². The zero-order valence-corrected chi connectivity index (χ0v) is 28.5. The molecule has 0 saturated heterocycles. The summed E-state index contributed by atoms with van der Waals surface area (Å²) in [6.07, 6.45) is 0. The molecular weight excluding hydrogens is 645 g/mol. The highest BCUT2D eigenvalue weighted by Gasteiger charge is 2.49. The average molecular weight is 673 g/mol. The number of aromatic nitrogens is 2. The number of benzene rings is 7. The van der Waals surface area contributed by atoms with E-state index in [0.717, 1.165) is 39.2 Å². The molecule has 0 saturated carbocycles. The third kappa shape index (κ3) is 4.53. The van der Waals surface area contributed by atoms with Crippen molar-refractivity contribution in [2.24, 2.45) is 0 Å². The predicted molar refractivity (Wildman–Crippen MR) is 210 cm³/mol. The van der Waals surface area contributed by atoms with Gasteiger partial charge in [0.2, 0.25) is 0 Å². The molecule has 0 fully saturated rings. The Morgan fingerprint density at radius 2 is 0.736 bits per heavy atom. The maximum atomic E-state index is 9.46. The van der Waals surface area contributed by atoms with Gasteiger partial charge in [0, 0.05) is 16.7 Å². The molecule has 0 bridgehead atoms. The van der Waals surface area contributed by atoms with Crippen LogP contribution >= 0.6 is 0 Å². The molecule has 0 N–H and O–H groups in total. The minimum atomic E-state index is -0.560. The number of rotatable bonds is 3. The third-order valence-electron chi connectivity index (χ3n) is 10.8. The van der Waals surface area contributed by atoms with Crippen LogP contribution in [0, 0.1) is 22.7 Å². The highest BCUT2D eigenvalue weighted by atomic mass is 14.9. The fourth-order valence-corrected chi connectivity index (χ4v) is 8.49. The van der Waals surface area contributed by atoms with Crippen LogP contribution in [0.4, 0.5) is 0 Å². The first-order valence-electron chi connectivity index (χ1n) is 17.6. The molecule has 10 rings (SSSR count). The number of hydrogen-bond acceptors (Lipinski definition) is 4. The summed E-state index contributed by atoms with van der Waals surface area (Å²) in [5.41, 5.74) is 17.0. The van der Waals surface area contributed by atoms with Crippen molar-refractivity contribution >= 4 is 0 Å². The smallest absolute Gasteiger partial charge is 0.160 e. The molecule has 0 atom stereocenters. The van der Waals surface area contributed by atoms with Crippen LogP contribution in [0.1, 0.15) is 33.4 Å². The standard InChI is InChI=1S/C49H28N4/c50-29-31-17-21-33(22-18-31)46-28-47(34-23-19-32(30-51)20-24-34)53-48(52-46)35-25-26-45-41(27-35)37-10-2-1-9-36(37)38-11-3-6-14-42(38)49(45)43-15-7-4-12-39(43)40-13-5-8-16-44(40)49/h1-28H. The minimum Gasteiger partial charge on any atom is -0.228 e. The second kappa shape index (κ2) is 11.8. The molecule has 2 aliphatic carbocycles. The molecule has 244 valence electrons. The second-order valence-corrected chi connectivity index (χ2v) is 13.5. The van der Waals surface area contributed by atoms with Crippen LogP contribution in [-0.2, 0) is 5.41 Å². The fourth-order valence-electron chi connectivity index (χ4n) is 8.49. The summed E-state index contributed by atoms with van der Waals surface area (Å²) in [5.74, 6) is 0.592. The van der Waals surface area contributed by atoms with Crippen LogP contribution in [0.2, 0.25) is 0 Å². The van der Waals surface area contributed by atoms with Gasteiger partial charge in [-0.25, -0.2) is 9.97 Å². The predicted octanol–water partition coefficient (Wildman–Crippen LogP) is 11.2. The maximum absolute atomic E-state index is 9.46. The van der Waals surface area contributed by atoms with Crippen molar-refractivity contribution in [3.63, 3.8) is 0 Å². The van der Waals surface area contributed by atoms with Gasteiger partial charge in [-0.1, -0.05) is 133 Å². The Balaban J connectivity index is 1.26. The van der Waals surface area contributed by atoms with E-state index in [9.17, 15) is 10.5 Å². The van der Waals surface area contributed by atoms with E-state index in [1.54, 1.807) is 0 Å². The van der Waals surface area contributed by atoms with E-state index in [0.29, 0.717) is 17.0 Å². The normalized spacial score (nSPS) is 12.6. The highest BCUT2D eigenvalue weighted by Crippen LogP contribution is 2.61. The van der Waals surface area contributed by atoms with Crippen molar-refractivity contribution < 1.29 is 0 Å². The van der Waals surface area contributed by atoms with Crippen LogP contribution in [0.15, 0.2) is 170 Å². The van der Waals surface area contributed by atoms with E-state index in [1.165, 1.54) is 44.5 Å². The molecule has 0 amide bonds. The van der Waals surface area contributed by atoms with Gasteiger partial charge in [0.1, 0.15) is 0 Å². The molecule has 4 nitrogen and oxygen atoms in total. The van der Waals surface area contributed by atoms with Gasteiger partial charge in [-0.2, -0.15) is 10.5 Å². The van der Waals surface area contributed by atoms with Gasteiger partial charge in [0.05, 0.1) is 40.1 Å². The minimum absolute atomic E-state index is 0.560. The number of hydrogen-bond donors (Lipinski definition) is 0. The molecule has 0 aliphatic heterocycles. The Morgan fingerprint density at radius 3 is 1.21 bits per heavy atom. The highest BCUT2D eigenvalue weighted by molar-refractivity contribution is 5.98. The molecule has 1 aromatic heterocycles. The van der Waals surface area contributed by atoms with Gasteiger partial charge in [0.15, 0.2) is 5.82 Å². The molecule has 4 heteroatoms. The van der Waals surface area contributed by atoms with Gasteiger partial charge in [0.25, 0.3) is 0 Å². The van der Waals surface area contributed by atoms with Crippen LogP contribution in [0.5, 0.6) is 0 Å². The summed E-state index contributed by atoms with van der Waals surface area (Å²) in [5, 5.41) is 18.9. The molecule has 8 aromatic rings. The third-order valence-corrected chi connectivity index (χ3v) is 10.8. The summed E-state index contributed by atoms with van der Waals surface area (Å²) in [6, 6.07) is 63.4. The quantitative estimate of drug-likeness (QED) is 0.187. The Hall–Kier alpha value is -7.40. The lowest BCUT2D eigenvalue weighted by atomic mass is 9.66. The first-order chi connectivity index (χ1) is 26.2. The van der Waals surface area contributed by atoms with Gasteiger partial charge in [-0.05, 0) is 92.0 Å². The SMILES string of the molecule is N#Cc1ccc(-c2cc(-c3ccc(C#N)cc3)nc(-c3ccc4c(c3)-c3ccccc3-c3ccccc3C43c4ccccc4-c4ccccc43)n2)cc1. The molecule has 1 heterocycles. The monoisotopic (exact) mass is 672 g/mol. The maximum Gasteiger partial charge on any atom is 0.160 e. The Kier molecular flexibility index (Phi) is 6.80. The molecule has 53 heavy (non-hydrogen) atoms. The van der Waals surface area contributed by atoms with Gasteiger partial charge >= 0.3 is 0 Å². The van der Waals surface area contributed by atoms with Gasteiger partial charge in [-0.3, -0.25) is 0 Å². The zero-order valence-electron chi connectivity index (χ0n) is 28.5. The molecule has 1 spiro atoms. The molecule has 2 aliphatic rings. The lowest BCUT2D eigenvalue weighted by Crippen LogP contribution is -2.29. The van der Waals surface area contributed by atoms with Crippen LogP contribution < -0.4 is 0 Å². The van der Waals surface area contributed by atoms with Crippen molar-refractivity contribution in [2.45, 2.75) is 5.41 Å². The lowest BCUT2D eigenvalue weighted by Gasteiger charge is -2.35. The number of nitrogens with zero attached hydrogens (tertiary/aromatic N) is 4. The fraction of sp³-hybridized carbons (Fsp3) is 0.0204. The molecule has 0 radical (unpaired) electrons. The van der Waals surface area contributed by atoms with E-state index in [2.05, 4.69) is 127 Å². The van der Waals surface area contributed by atoms with Gasteiger partial charge in [-0.15, -0.1) is 0 Å². The summed E-state index contributed by atoms with van der Waals surface area (Å²) < 4.78 is 0. The Labute approximate surface area is 307 Å². The van der Waals surface area contributed by atoms with E-state index >= 15 is 0 Å². The van der Waals surface area contributed by atoms with Crippen molar-refractivity contribution in [3.8, 4) is 79.4 Å². The second-order valence-electron chi connectivity index (χ2n) is 13.5.